The molecule has 0 aliphatic carbocycles. The van der Waals surface area contributed by atoms with Crippen LogP contribution in [0.1, 0.15) is 6.92 Å². The van der Waals surface area contributed by atoms with Gasteiger partial charge in [0.1, 0.15) is 16.5 Å². The normalized spacial score (nSPS) is 11.0. The fourth-order valence-electron chi connectivity index (χ4n) is 1.96. The average Bonchev–Trinajstić information content (AvgIpc) is 2.46. The maximum atomic E-state index is 13.1. The van der Waals surface area contributed by atoms with Gasteiger partial charge in [0.25, 0.3) is 10.0 Å². The van der Waals surface area contributed by atoms with Gasteiger partial charge in [0, 0.05) is 12.6 Å². The van der Waals surface area contributed by atoms with Crippen LogP contribution >= 0.6 is 11.6 Å². The van der Waals surface area contributed by atoms with Crippen molar-refractivity contribution in [3.05, 3.63) is 47.2 Å². The summed E-state index contributed by atoms with van der Waals surface area (Å²) < 4.78 is 45.5. The lowest BCUT2D eigenvalue weighted by Gasteiger charge is -2.14. The number of methoxy groups -OCH3 is 1. The van der Waals surface area contributed by atoms with Gasteiger partial charge >= 0.3 is 0 Å². The van der Waals surface area contributed by atoms with E-state index in [1.54, 1.807) is 6.07 Å². The molecule has 2 aromatic carbocycles. The molecule has 24 heavy (non-hydrogen) atoms. The first-order valence-corrected chi connectivity index (χ1v) is 8.52. The molecule has 0 saturated heterocycles. The highest BCUT2D eigenvalue weighted by molar-refractivity contribution is 7.92. The Morgan fingerprint density at radius 2 is 1.92 bits per heavy atom. The molecule has 0 aliphatic heterocycles. The molecule has 0 spiro atoms. The van der Waals surface area contributed by atoms with Crippen molar-refractivity contribution >= 4 is 38.9 Å². The van der Waals surface area contributed by atoms with Crippen molar-refractivity contribution < 1.29 is 22.3 Å². The van der Waals surface area contributed by atoms with Crippen LogP contribution in [0.25, 0.3) is 0 Å². The minimum atomic E-state index is -4.08. The topological polar surface area (TPSA) is 84.5 Å². The van der Waals surface area contributed by atoms with E-state index in [-0.39, 0.29) is 27.3 Å². The first kappa shape index (κ1) is 18.0. The number of nitrogens with one attached hydrogen (secondary N) is 2. The zero-order chi connectivity index (χ0) is 17.9. The number of ether oxygens (including phenoxy) is 1. The molecule has 0 saturated carbocycles. The average molecular weight is 373 g/mol. The third-order valence-corrected chi connectivity index (χ3v) is 4.80. The molecule has 128 valence electrons. The molecule has 2 aromatic rings. The summed E-state index contributed by atoms with van der Waals surface area (Å²) in [7, 11) is -2.71. The van der Waals surface area contributed by atoms with Crippen molar-refractivity contribution in [2.45, 2.75) is 11.8 Å². The molecule has 0 aromatic heterocycles. The number of carbonyl (C=O) groups is 1. The minimum Gasteiger partial charge on any atom is -0.495 e. The van der Waals surface area contributed by atoms with Gasteiger partial charge in [-0.15, -0.1) is 0 Å². The van der Waals surface area contributed by atoms with Gasteiger partial charge in [0.2, 0.25) is 5.91 Å². The number of benzene rings is 2. The lowest BCUT2D eigenvalue weighted by atomic mass is 10.2. The van der Waals surface area contributed by atoms with Crippen LogP contribution in [0, 0.1) is 5.82 Å². The monoisotopic (exact) mass is 372 g/mol. The van der Waals surface area contributed by atoms with Crippen LogP contribution in [-0.2, 0) is 14.8 Å². The van der Waals surface area contributed by atoms with Crippen molar-refractivity contribution in [2.24, 2.45) is 0 Å². The quantitative estimate of drug-likeness (QED) is 0.843. The van der Waals surface area contributed by atoms with Gasteiger partial charge in [-0.1, -0.05) is 11.6 Å². The van der Waals surface area contributed by atoms with E-state index in [0.29, 0.717) is 5.69 Å². The van der Waals surface area contributed by atoms with E-state index in [4.69, 9.17) is 16.3 Å². The van der Waals surface area contributed by atoms with Gasteiger partial charge < -0.3 is 10.1 Å². The summed E-state index contributed by atoms with van der Waals surface area (Å²) >= 11 is 5.81. The van der Waals surface area contributed by atoms with Crippen molar-refractivity contribution in [1.29, 1.82) is 0 Å². The Balaban J connectivity index is 2.42. The van der Waals surface area contributed by atoms with E-state index in [1.165, 1.54) is 26.2 Å². The third-order valence-electron chi connectivity index (χ3n) is 2.95. The number of rotatable bonds is 5. The highest BCUT2D eigenvalue weighted by Crippen LogP contribution is 2.31. The van der Waals surface area contributed by atoms with E-state index in [2.05, 4.69) is 10.0 Å². The predicted molar refractivity (Wildman–Crippen MR) is 89.5 cm³/mol. The third kappa shape index (κ3) is 4.15. The SMILES string of the molecule is COc1ccc(NC(C)=O)cc1NS(=O)(=O)c1ccc(F)cc1Cl. The van der Waals surface area contributed by atoms with Gasteiger partial charge in [-0.2, -0.15) is 0 Å². The molecule has 0 bridgehead atoms. The summed E-state index contributed by atoms with van der Waals surface area (Å²) in [5.74, 6) is -0.717. The first-order chi connectivity index (χ1) is 11.2. The number of sulfonamides is 1. The molecule has 0 atom stereocenters. The fourth-order valence-corrected chi connectivity index (χ4v) is 3.56. The molecule has 1 amide bonds. The van der Waals surface area contributed by atoms with Crippen LogP contribution in [0.15, 0.2) is 41.3 Å². The fraction of sp³-hybridized carbons (Fsp3) is 0.133. The maximum Gasteiger partial charge on any atom is 0.263 e. The van der Waals surface area contributed by atoms with E-state index in [9.17, 15) is 17.6 Å². The number of halogens is 2. The number of carbonyl (C=O) groups excluding carboxylic acids is 1. The number of hydrogen-bond donors (Lipinski definition) is 2. The number of amides is 1. The Labute approximate surface area is 143 Å². The zero-order valence-corrected chi connectivity index (χ0v) is 14.3. The molecule has 2 N–H and O–H groups in total. The van der Waals surface area contributed by atoms with Gasteiger partial charge in [-0.3, -0.25) is 9.52 Å². The summed E-state index contributed by atoms with van der Waals surface area (Å²) in [6.07, 6.45) is 0. The Hall–Kier alpha value is -2.32. The van der Waals surface area contributed by atoms with Crippen molar-refractivity contribution in [1.82, 2.24) is 0 Å². The van der Waals surface area contributed by atoms with E-state index >= 15 is 0 Å². The van der Waals surface area contributed by atoms with Crippen molar-refractivity contribution in [3.63, 3.8) is 0 Å². The Morgan fingerprint density at radius 3 is 2.50 bits per heavy atom. The van der Waals surface area contributed by atoms with E-state index in [1.807, 2.05) is 0 Å². The first-order valence-electron chi connectivity index (χ1n) is 6.66. The smallest absolute Gasteiger partial charge is 0.263 e. The van der Waals surface area contributed by atoms with Crippen LogP contribution in [-0.4, -0.2) is 21.4 Å². The standard InChI is InChI=1S/C15H14ClFN2O4S/c1-9(20)18-11-4-5-14(23-2)13(8-11)19-24(21,22)15-6-3-10(17)7-12(15)16/h3-8,19H,1-2H3,(H,18,20). The molecule has 0 radical (unpaired) electrons. The molecule has 0 aliphatic rings. The summed E-state index contributed by atoms with van der Waals surface area (Å²) in [4.78, 5) is 10.8. The Morgan fingerprint density at radius 1 is 1.21 bits per heavy atom. The van der Waals surface area contributed by atoms with Gasteiger partial charge in [-0.05, 0) is 36.4 Å². The van der Waals surface area contributed by atoms with Crippen LogP contribution in [0.4, 0.5) is 15.8 Å². The van der Waals surface area contributed by atoms with Crippen molar-refractivity contribution in [2.75, 3.05) is 17.1 Å². The van der Waals surface area contributed by atoms with E-state index in [0.717, 1.165) is 18.2 Å². The molecule has 2 rings (SSSR count). The number of hydrogen-bond acceptors (Lipinski definition) is 4. The number of anilines is 2. The van der Waals surface area contributed by atoms with E-state index < -0.39 is 15.8 Å². The molecular weight excluding hydrogens is 359 g/mol. The summed E-state index contributed by atoms with van der Waals surface area (Å²) in [6.45, 7) is 1.33. The molecule has 0 fully saturated rings. The lowest BCUT2D eigenvalue weighted by Crippen LogP contribution is -2.15. The predicted octanol–water partition coefficient (Wildman–Crippen LogP) is 3.25. The lowest BCUT2D eigenvalue weighted by molar-refractivity contribution is -0.114. The second-order valence-corrected chi connectivity index (χ2v) is 6.83. The Bertz CT molecular complexity index is 887. The van der Waals surface area contributed by atoms with Crippen LogP contribution < -0.4 is 14.8 Å². The summed E-state index contributed by atoms with van der Waals surface area (Å²) in [6, 6.07) is 7.41. The molecule has 0 unspecified atom stereocenters. The van der Waals surface area contributed by atoms with Gasteiger partial charge in [-0.25, -0.2) is 12.8 Å². The minimum absolute atomic E-state index is 0.101. The van der Waals surface area contributed by atoms with Crippen LogP contribution in [0.3, 0.4) is 0 Å². The molecule has 0 heterocycles. The second-order valence-electron chi connectivity index (χ2n) is 4.78. The largest absolute Gasteiger partial charge is 0.495 e. The highest BCUT2D eigenvalue weighted by Gasteiger charge is 2.20. The van der Waals surface area contributed by atoms with Crippen LogP contribution in [0.2, 0.25) is 5.02 Å². The summed E-state index contributed by atoms with van der Waals surface area (Å²) in [5.41, 5.74) is 0.482. The zero-order valence-electron chi connectivity index (χ0n) is 12.8. The highest BCUT2D eigenvalue weighted by atomic mass is 35.5. The Kier molecular flexibility index (Phi) is 5.30. The van der Waals surface area contributed by atoms with Gasteiger partial charge in [0.15, 0.2) is 0 Å². The van der Waals surface area contributed by atoms with Crippen molar-refractivity contribution in [3.8, 4) is 5.75 Å². The van der Waals surface area contributed by atoms with Crippen LogP contribution in [0.5, 0.6) is 5.75 Å². The second kappa shape index (κ2) is 7.06. The molecule has 6 nitrogen and oxygen atoms in total. The van der Waals surface area contributed by atoms with Gasteiger partial charge in [0.05, 0.1) is 17.8 Å². The summed E-state index contributed by atoms with van der Waals surface area (Å²) in [5, 5.41) is 2.29. The molecular formula is C15H14ClFN2O4S. The maximum absolute atomic E-state index is 13.1. The molecule has 9 heteroatoms.